The lowest BCUT2D eigenvalue weighted by atomic mass is 10.0. The van der Waals surface area contributed by atoms with E-state index in [9.17, 15) is 5.11 Å². The number of aliphatic hydroxyl groups excluding tert-OH is 1. The fraction of sp³-hybridized carbons (Fsp3) is 0.625. The van der Waals surface area contributed by atoms with Crippen molar-refractivity contribution in [1.82, 2.24) is 0 Å². The first kappa shape index (κ1) is 15.6. The molecule has 0 saturated heterocycles. The molecule has 18 heavy (non-hydrogen) atoms. The summed E-state index contributed by atoms with van der Waals surface area (Å²) in [5.41, 5.74) is 1.06. The minimum atomic E-state index is -0.285. The van der Waals surface area contributed by atoms with Gasteiger partial charge in [0.25, 0.3) is 0 Å². The molecule has 1 N–H and O–H groups in total. The number of hydrogen-bond acceptors (Lipinski definition) is 2. The summed E-state index contributed by atoms with van der Waals surface area (Å²) in [6, 6.07) is 8.27. The molecule has 1 aromatic carbocycles. The Labute approximate surface area is 116 Å². The van der Waals surface area contributed by atoms with E-state index in [0.717, 1.165) is 18.4 Å². The molecule has 1 unspecified atom stereocenters. The van der Waals surface area contributed by atoms with E-state index in [4.69, 9.17) is 0 Å². The molecule has 0 heterocycles. The topological polar surface area (TPSA) is 20.2 Å². The van der Waals surface area contributed by atoms with Crippen LogP contribution in [0, 0.1) is 0 Å². The first-order valence-corrected chi connectivity index (χ1v) is 8.32. The summed E-state index contributed by atoms with van der Waals surface area (Å²) in [7, 11) is 0. The zero-order valence-corrected chi connectivity index (χ0v) is 12.5. The Kier molecular flexibility index (Phi) is 8.19. The van der Waals surface area contributed by atoms with E-state index in [-0.39, 0.29) is 6.10 Å². The predicted octanol–water partition coefficient (Wildman–Crippen LogP) is 5.19. The minimum Gasteiger partial charge on any atom is -0.388 e. The van der Waals surface area contributed by atoms with Crippen LogP contribution in [0.25, 0.3) is 0 Å². The SMILES string of the molecule is CCCCCCCCC(O)c1ccc(SC)cc1. The Morgan fingerprint density at radius 1 is 1.00 bits per heavy atom. The number of hydrogen-bond donors (Lipinski definition) is 1. The molecule has 1 aromatic rings. The van der Waals surface area contributed by atoms with E-state index in [2.05, 4.69) is 25.3 Å². The highest BCUT2D eigenvalue weighted by molar-refractivity contribution is 7.98. The quantitative estimate of drug-likeness (QED) is 0.490. The lowest BCUT2D eigenvalue weighted by molar-refractivity contribution is 0.163. The van der Waals surface area contributed by atoms with Crippen molar-refractivity contribution in [1.29, 1.82) is 0 Å². The van der Waals surface area contributed by atoms with Crippen molar-refractivity contribution >= 4 is 11.8 Å². The zero-order valence-electron chi connectivity index (χ0n) is 11.7. The number of unbranched alkanes of at least 4 members (excludes halogenated alkanes) is 5. The molecule has 0 aliphatic rings. The highest BCUT2D eigenvalue weighted by Crippen LogP contribution is 2.23. The Bertz CT molecular complexity index is 307. The van der Waals surface area contributed by atoms with Crippen LogP contribution in [0.3, 0.4) is 0 Å². The van der Waals surface area contributed by atoms with Crippen molar-refractivity contribution in [2.45, 2.75) is 62.9 Å². The van der Waals surface area contributed by atoms with Crippen molar-refractivity contribution in [2.75, 3.05) is 6.26 Å². The van der Waals surface area contributed by atoms with E-state index in [1.165, 1.54) is 37.0 Å². The van der Waals surface area contributed by atoms with Gasteiger partial charge < -0.3 is 5.11 Å². The molecule has 0 aromatic heterocycles. The van der Waals surface area contributed by atoms with Crippen LogP contribution < -0.4 is 0 Å². The molecule has 102 valence electrons. The second kappa shape index (κ2) is 9.46. The van der Waals surface area contributed by atoms with E-state index in [0.29, 0.717) is 0 Å². The summed E-state index contributed by atoms with van der Waals surface area (Å²) in [5, 5.41) is 10.1. The average Bonchev–Trinajstić information content (AvgIpc) is 2.42. The van der Waals surface area contributed by atoms with Crippen molar-refractivity contribution in [3.8, 4) is 0 Å². The molecule has 0 fully saturated rings. The van der Waals surface area contributed by atoms with Gasteiger partial charge in [-0.05, 0) is 30.4 Å². The molecule has 1 nitrogen and oxygen atoms in total. The van der Waals surface area contributed by atoms with Crippen molar-refractivity contribution < 1.29 is 5.11 Å². The van der Waals surface area contributed by atoms with Crippen LogP contribution in [0.2, 0.25) is 0 Å². The molecule has 0 aliphatic heterocycles. The lowest BCUT2D eigenvalue weighted by Crippen LogP contribution is -1.97. The maximum absolute atomic E-state index is 10.1. The second-order valence-electron chi connectivity index (χ2n) is 4.85. The van der Waals surface area contributed by atoms with Gasteiger partial charge in [-0.15, -0.1) is 11.8 Å². The van der Waals surface area contributed by atoms with Gasteiger partial charge in [0.2, 0.25) is 0 Å². The van der Waals surface area contributed by atoms with Crippen LogP contribution in [0.1, 0.15) is 63.5 Å². The highest BCUT2D eigenvalue weighted by atomic mass is 32.2. The fourth-order valence-electron chi connectivity index (χ4n) is 2.11. The highest BCUT2D eigenvalue weighted by Gasteiger charge is 2.06. The fourth-order valence-corrected chi connectivity index (χ4v) is 2.52. The van der Waals surface area contributed by atoms with E-state index in [1.807, 2.05) is 12.1 Å². The Morgan fingerprint density at radius 2 is 1.61 bits per heavy atom. The Morgan fingerprint density at radius 3 is 2.22 bits per heavy atom. The third kappa shape index (κ3) is 5.92. The minimum absolute atomic E-state index is 0.285. The summed E-state index contributed by atoms with van der Waals surface area (Å²) in [4.78, 5) is 1.26. The Hall–Kier alpha value is -0.470. The van der Waals surface area contributed by atoms with Gasteiger partial charge in [-0.1, -0.05) is 57.6 Å². The number of benzene rings is 1. The van der Waals surface area contributed by atoms with Gasteiger partial charge in [-0.2, -0.15) is 0 Å². The van der Waals surface area contributed by atoms with E-state index in [1.54, 1.807) is 11.8 Å². The van der Waals surface area contributed by atoms with Gasteiger partial charge >= 0.3 is 0 Å². The van der Waals surface area contributed by atoms with Crippen LogP contribution >= 0.6 is 11.8 Å². The molecular weight excluding hydrogens is 240 g/mol. The number of aliphatic hydroxyl groups is 1. The summed E-state index contributed by atoms with van der Waals surface area (Å²) in [6.07, 6.45) is 10.4. The monoisotopic (exact) mass is 266 g/mol. The smallest absolute Gasteiger partial charge is 0.0790 e. The standard InChI is InChI=1S/C16H26OS/c1-3-4-5-6-7-8-9-16(17)14-10-12-15(18-2)13-11-14/h10-13,16-17H,3-9H2,1-2H3. The van der Waals surface area contributed by atoms with Crippen LogP contribution in [0.15, 0.2) is 29.2 Å². The second-order valence-corrected chi connectivity index (χ2v) is 5.73. The number of thioether (sulfide) groups is 1. The average molecular weight is 266 g/mol. The third-order valence-electron chi connectivity index (χ3n) is 3.33. The van der Waals surface area contributed by atoms with Gasteiger partial charge in [0.1, 0.15) is 0 Å². The summed E-state index contributed by atoms with van der Waals surface area (Å²) >= 11 is 1.74. The van der Waals surface area contributed by atoms with E-state index < -0.39 is 0 Å². The van der Waals surface area contributed by atoms with Gasteiger partial charge in [-0.25, -0.2) is 0 Å². The van der Waals surface area contributed by atoms with Gasteiger partial charge in [-0.3, -0.25) is 0 Å². The largest absolute Gasteiger partial charge is 0.388 e. The summed E-state index contributed by atoms with van der Waals surface area (Å²) in [6.45, 7) is 2.24. The molecule has 0 aliphatic carbocycles. The zero-order chi connectivity index (χ0) is 13.2. The lowest BCUT2D eigenvalue weighted by Gasteiger charge is -2.11. The predicted molar refractivity (Wildman–Crippen MR) is 81.2 cm³/mol. The van der Waals surface area contributed by atoms with Crippen molar-refractivity contribution in [3.05, 3.63) is 29.8 Å². The molecule has 0 radical (unpaired) electrons. The Balaban J connectivity index is 2.21. The maximum atomic E-state index is 10.1. The molecule has 0 saturated carbocycles. The van der Waals surface area contributed by atoms with Crippen LogP contribution in [-0.4, -0.2) is 11.4 Å². The molecule has 0 spiro atoms. The van der Waals surface area contributed by atoms with Crippen LogP contribution in [0.5, 0.6) is 0 Å². The van der Waals surface area contributed by atoms with Crippen LogP contribution in [-0.2, 0) is 0 Å². The van der Waals surface area contributed by atoms with Crippen molar-refractivity contribution in [3.63, 3.8) is 0 Å². The van der Waals surface area contributed by atoms with Gasteiger partial charge in [0, 0.05) is 4.90 Å². The molecule has 2 heteroatoms. The van der Waals surface area contributed by atoms with Crippen molar-refractivity contribution in [2.24, 2.45) is 0 Å². The molecule has 0 amide bonds. The first-order chi connectivity index (χ1) is 8.77. The van der Waals surface area contributed by atoms with Gasteiger partial charge in [0.05, 0.1) is 6.10 Å². The number of rotatable bonds is 9. The van der Waals surface area contributed by atoms with Crippen LogP contribution in [0.4, 0.5) is 0 Å². The van der Waals surface area contributed by atoms with Gasteiger partial charge in [0.15, 0.2) is 0 Å². The molecule has 0 bridgehead atoms. The molecule has 1 atom stereocenters. The normalized spacial score (nSPS) is 12.6. The first-order valence-electron chi connectivity index (χ1n) is 7.10. The summed E-state index contributed by atoms with van der Waals surface area (Å²) < 4.78 is 0. The molecule has 1 rings (SSSR count). The molecular formula is C16H26OS. The maximum Gasteiger partial charge on any atom is 0.0790 e. The third-order valence-corrected chi connectivity index (χ3v) is 4.08. The van der Waals surface area contributed by atoms with E-state index >= 15 is 0 Å². The summed E-state index contributed by atoms with van der Waals surface area (Å²) in [5.74, 6) is 0.